The van der Waals surface area contributed by atoms with Crippen molar-refractivity contribution in [2.24, 2.45) is 7.05 Å². The summed E-state index contributed by atoms with van der Waals surface area (Å²) in [6.45, 7) is 0.858. The van der Waals surface area contributed by atoms with Crippen molar-refractivity contribution in [1.82, 2.24) is 19.2 Å². The monoisotopic (exact) mass is 260 g/mol. The van der Waals surface area contributed by atoms with Crippen molar-refractivity contribution < 1.29 is 13.5 Å². The number of aliphatic hydroxyl groups excluding tert-OH is 1. The normalized spacial score (nSPS) is 25.6. The smallest absolute Gasteiger partial charge is 0.262 e. The van der Waals surface area contributed by atoms with Crippen LogP contribution in [-0.4, -0.2) is 59.7 Å². The maximum absolute atomic E-state index is 12.2. The molecule has 2 atom stereocenters. The van der Waals surface area contributed by atoms with Crippen LogP contribution in [0.5, 0.6) is 0 Å². The molecular weight excluding hydrogens is 244 g/mol. The van der Waals surface area contributed by atoms with Gasteiger partial charge in [0.15, 0.2) is 5.03 Å². The van der Waals surface area contributed by atoms with Crippen LogP contribution in [-0.2, 0) is 17.1 Å². The summed E-state index contributed by atoms with van der Waals surface area (Å²) in [5, 5.41) is 12.6. The zero-order valence-corrected chi connectivity index (χ0v) is 10.6. The highest BCUT2D eigenvalue weighted by molar-refractivity contribution is 7.89. The molecule has 1 saturated heterocycles. The fraction of sp³-hybridized carbons (Fsp3) is 0.667. The molecule has 0 spiro atoms. The number of aromatic nitrogens is 2. The molecule has 1 aliphatic heterocycles. The van der Waals surface area contributed by atoms with E-state index in [4.69, 9.17) is 0 Å². The summed E-state index contributed by atoms with van der Waals surface area (Å²) < 4.78 is 27.1. The van der Waals surface area contributed by atoms with Gasteiger partial charge < -0.3 is 15.0 Å². The molecule has 1 aliphatic rings. The number of β-amino-alcohol motifs (C(OH)–C–C–N with tert-alkyl or cyclic N) is 1. The van der Waals surface area contributed by atoms with Crippen LogP contribution < -0.4 is 5.32 Å². The SMILES string of the molecule is CN([C@H]1CNC[C@@H]1O)S(=O)(=O)c1cn(C)cn1. The molecule has 0 aliphatic carbocycles. The van der Waals surface area contributed by atoms with Gasteiger partial charge >= 0.3 is 0 Å². The van der Waals surface area contributed by atoms with E-state index in [1.165, 1.54) is 23.9 Å². The first-order chi connectivity index (χ1) is 7.93. The number of aliphatic hydroxyl groups is 1. The van der Waals surface area contributed by atoms with Gasteiger partial charge in [-0.25, -0.2) is 13.4 Å². The molecule has 2 heterocycles. The largest absolute Gasteiger partial charge is 0.390 e. The van der Waals surface area contributed by atoms with Crippen molar-refractivity contribution in [2.45, 2.75) is 17.2 Å². The molecule has 96 valence electrons. The van der Waals surface area contributed by atoms with E-state index in [2.05, 4.69) is 10.3 Å². The molecule has 17 heavy (non-hydrogen) atoms. The third-order valence-electron chi connectivity index (χ3n) is 2.94. The van der Waals surface area contributed by atoms with E-state index in [-0.39, 0.29) is 5.03 Å². The number of hydrogen-bond donors (Lipinski definition) is 2. The molecule has 1 aromatic heterocycles. The van der Waals surface area contributed by atoms with Gasteiger partial charge in [-0.15, -0.1) is 0 Å². The zero-order valence-electron chi connectivity index (χ0n) is 9.74. The molecule has 0 saturated carbocycles. The zero-order chi connectivity index (χ0) is 12.6. The first kappa shape index (κ1) is 12.5. The van der Waals surface area contributed by atoms with Crippen LogP contribution in [0.15, 0.2) is 17.6 Å². The Labute approximate surface area is 100 Å². The lowest BCUT2D eigenvalue weighted by Crippen LogP contribution is -2.44. The van der Waals surface area contributed by atoms with Crippen molar-refractivity contribution in [3.8, 4) is 0 Å². The number of nitrogens with one attached hydrogen (secondary N) is 1. The highest BCUT2D eigenvalue weighted by atomic mass is 32.2. The van der Waals surface area contributed by atoms with E-state index in [0.717, 1.165) is 0 Å². The van der Waals surface area contributed by atoms with E-state index in [9.17, 15) is 13.5 Å². The predicted molar refractivity (Wildman–Crippen MR) is 60.8 cm³/mol. The van der Waals surface area contributed by atoms with Crippen molar-refractivity contribution in [3.05, 3.63) is 12.5 Å². The van der Waals surface area contributed by atoms with Crippen LogP contribution in [0.3, 0.4) is 0 Å². The third kappa shape index (κ3) is 2.21. The number of hydrogen-bond acceptors (Lipinski definition) is 5. The van der Waals surface area contributed by atoms with Crippen LogP contribution in [0.4, 0.5) is 0 Å². The third-order valence-corrected chi connectivity index (χ3v) is 4.71. The van der Waals surface area contributed by atoms with Gasteiger partial charge in [-0.05, 0) is 0 Å². The average molecular weight is 260 g/mol. The quantitative estimate of drug-likeness (QED) is 0.681. The Morgan fingerprint density at radius 1 is 1.59 bits per heavy atom. The minimum atomic E-state index is -3.63. The minimum absolute atomic E-state index is 0.00148. The number of imidazole rings is 1. The molecule has 7 nitrogen and oxygen atoms in total. The number of nitrogens with zero attached hydrogens (tertiary/aromatic N) is 3. The Bertz CT molecular complexity index is 498. The van der Waals surface area contributed by atoms with Crippen LogP contribution >= 0.6 is 0 Å². The Hall–Kier alpha value is -0.960. The number of aryl methyl sites for hydroxylation is 1. The topological polar surface area (TPSA) is 87.5 Å². The van der Waals surface area contributed by atoms with Gasteiger partial charge in [-0.1, -0.05) is 0 Å². The maximum Gasteiger partial charge on any atom is 0.262 e. The molecule has 8 heteroatoms. The number of rotatable bonds is 3. The van der Waals surface area contributed by atoms with Gasteiger partial charge in [0.1, 0.15) is 0 Å². The maximum atomic E-state index is 12.2. The summed E-state index contributed by atoms with van der Waals surface area (Å²) in [4.78, 5) is 3.84. The van der Waals surface area contributed by atoms with Crippen molar-refractivity contribution in [2.75, 3.05) is 20.1 Å². The summed E-state index contributed by atoms with van der Waals surface area (Å²) in [6, 6.07) is -0.443. The first-order valence-electron chi connectivity index (χ1n) is 5.27. The second-order valence-electron chi connectivity index (χ2n) is 4.19. The molecule has 1 fully saturated rings. The lowest BCUT2D eigenvalue weighted by molar-refractivity contribution is 0.136. The van der Waals surface area contributed by atoms with E-state index >= 15 is 0 Å². The average Bonchev–Trinajstić information content (AvgIpc) is 2.86. The van der Waals surface area contributed by atoms with Gasteiger partial charge in [-0.3, -0.25) is 0 Å². The van der Waals surface area contributed by atoms with Crippen molar-refractivity contribution in [3.63, 3.8) is 0 Å². The van der Waals surface area contributed by atoms with E-state index < -0.39 is 22.2 Å². The molecular formula is C9H16N4O3S. The standard InChI is InChI=1S/C9H16N4O3S/c1-12-5-9(11-6-12)17(15,16)13(2)7-3-10-4-8(7)14/h5-8,10,14H,3-4H2,1-2H3/t7-,8-/m0/s1. The van der Waals surface area contributed by atoms with E-state index in [1.807, 2.05) is 0 Å². The first-order valence-corrected chi connectivity index (χ1v) is 6.71. The van der Waals surface area contributed by atoms with Crippen molar-refractivity contribution >= 4 is 10.0 Å². The van der Waals surface area contributed by atoms with E-state index in [0.29, 0.717) is 13.1 Å². The van der Waals surface area contributed by atoms with Gasteiger partial charge in [0.25, 0.3) is 10.0 Å². The molecule has 2 N–H and O–H groups in total. The van der Waals surface area contributed by atoms with Gasteiger partial charge in [0.05, 0.1) is 18.5 Å². The van der Waals surface area contributed by atoms with Crippen LogP contribution in [0.2, 0.25) is 0 Å². The second kappa shape index (κ2) is 4.37. The van der Waals surface area contributed by atoms with Crippen LogP contribution in [0.1, 0.15) is 0 Å². The summed E-state index contributed by atoms with van der Waals surface area (Å²) in [5.74, 6) is 0. The summed E-state index contributed by atoms with van der Waals surface area (Å²) in [6.07, 6.45) is 2.20. The number of likely N-dealkylation sites (N-methyl/N-ethyl adjacent to an activating group) is 1. The molecule has 0 amide bonds. The van der Waals surface area contributed by atoms with Crippen LogP contribution in [0.25, 0.3) is 0 Å². The predicted octanol–water partition coefficient (Wildman–Crippen LogP) is -1.63. The lowest BCUT2D eigenvalue weighted by atomic mass is 10.2. The molecule has 0 aromatic carbocycles. The highest BCUT2D eigenvalue weighted by Crippen LogP contribution is 2.17. The Morgan fingerprint density at radius 2 is 2.29 bits per heavy atom. The van der Waals surface area contributed by atoms with Gasteiger partial charge in [0.2, 0.25) is 0 Å². The molecule has 0 bridgehead atoms. The Morgan fingerprint density at radius 3 is 2.76 bits per heavy atom. The summed E-state index contributed by atoms with van der Waals surface area (Å²) >= 11 is 0. The van der Waals surface area contributed by atoms with Gasteiger partial charge in [-0.2, -0.15) is 4.31 Å². The Balaban J connectivity index is 2.26. The summed E-state index contributed by atoms with van der Waals surface area (Å²) in [5.41, 5.74) is 0. The Kier molecular flexibility index (Phi) is 3.21. The van der Waals surface area contributed by atoms with Crippen LogP contribution in [0, 0.1) is 0 Å². The molecule has 0 unspecified atom stereocenters. The molecule has 1 aromatic rings. The fourth-order valence-corrected chi connectivity index (χ4v) is 3.22. The lowest BCUT2D eigenvalue weighted by Gasteiger charge is -2.24. The molecule has 0 radical (unpaired) electrons. The number of sulfonamides is 1. The highest BCUT2D eigenvalue weighted by Gasteiger charge is 2.36. The van der Waals surface area contributed by atoms with Crippen molar-refractivity contribution in [1.29, 1.82) is 0 Å². The fourth-order valence-electron chi connectivity index (χ4n) is 1.87. The summed E-state index contributed by atoms with van der Waals surface area (Å²) in [7, 11) is -0.464. The molecule has 2 rings (SSSR count). The minimum Gasteiger partial charge on any atom is -0.390 e. The van der Waals surface area contributed by atoms with E-state index in [1.54, 1.807) is 11.6 Å². The second-order valence-corrected chi connectivity index (χ2v) is 6.14. The van der Waals surface area contributed by atoms with Gasteiger partial charge in [0, 0.05) is 33.4 Å².